The summed E-state index contributed by atoms with van der Waals surface area (Å²) in [5.41, 5.74) is 5.88. The molecule has 5 heteroatoms. The summed E-state index contributed by atoms with van der Waals surface area (Å²) >= 11 is 0. The summed E-state index contributed by atoms with van der Waals surface area (Å²) in [5, 5.41) is 0. The largest absolute Gasteiger partial charge is 0.410 e. The van der Waals surface area contributed by atoms with Crippen molar-refractivity contribution in [1.82, 2.24) is 9.88 Å². The second kappa shape index (κ2) is 4.94. The Hall–Kier alpha value is -1.62. The van der Waals surface area contributed by atoms with Gasteiger partial charge in [-0.05, 0) is 38.1 Å². The third kappa shape index (κ3) is 2.93. The Bertz CT molecular complexity index is 358. The second-order valence-corrected chi connectivity index (χ2v) is 3.89. The van der Waals surface area contributed by atoms with E-state index < -0.39 is 6.09 Å². The van der Waals surface area contributed by atoms with E-state index in [0.717, 1.165) is 25.3 Å². The minimum Gasteiger partial charge on any atom is -0.409 e. The van der Waals surface area contributed by atoms with E-state index in [-0.39, 0.29) is 0 Å². The Morgan fingerprint density at radius 1 is 1.44 bits per heavy atom. The van der Waals surface area contributed by atoms with Crippen molar-refractivity contribution >= 4 is 6.09 Å². The highest BCUT2D eigenvalue weighted by Crippen LogP contribution is 2.13. The second-order valence-electron chi connectivity index (χ2n) is 3.89. The molecule has 2 heterocycles. The maximum Gasteiger partial charge on any atom is 0.410 e. The number of hydrogen-bond acceptors (Lipinski definition) is 4. The predicted molar refractivity (Wildman–Crippen MR) is 59.0 cm³/mol. The van der Waals surface area contributed by atoms with Crippen LogP contribution in [0.25, 0.3) is 0 Å². The van der Waals surface area contributed by atoms with Gasteiger partial charge in [-0.15, -0.1) is 0 Å². The van der Waals surface area contributed by atoms with Gasteiger partial charge in [-0.2, -0.15) is 0 Å². The zero-order valence-electron chi connectivity index (χ0n) is 9.06. The fourth-order valence-electron chi connectivity index (χ4n) is 1.85. The van der Waals surface area contributed by atoms with Gasteiger partial charge in [0.2, 0.25) is 0 Å². The van der Waals surface area contributed by atoms with Crippen molar-refractivity contribution in [2.24, 2.45) is 5.73 Å². The maximum absolute atomic E-state index is 10.5. The standard InChI is InChI=1S/C11H15N3O2/c12-11(15)16-10-4-3-9(13-7-10)8-14-5-1-2-6-14/h3-4,7H,1-2,5-6,8H2,(H2,12,15). The van der Waals surface area contributed by atoms with E-state index in [9.17, 15) is 4.79 Å². The predicted octanol–water partition coefficient (Wildman–Crippen LogP) is 1.13. The van der Waals surface area contributed by atoms with Gasteiger partial charge in [0.05, 0.1) is 11.9 Å². The molecule has 0 radical (unpaired) electrons. The summed E-state index contributed by atoms with van der Waals surface area (Å²) in [4.78, 5) is 17.1. The molecule has 0 aromatic carbocycles. The van der Waals surface area contributed by atoms with Gasteiger partial charge in [-0.3, -0.25) is 9.88 Å². The number of carbonyl (C=O) groups excluding carboxylic acids is 1. The van der Waals surface area contributed by atoms with E-state index in [1.807, 2.05) is 6.07 Å². The van der Waals surface area contributed by atoms with Crippen LogP contribution in [-0.2, 0) is 6.54 Å². The van der Waals surface area contributed by atoms with Crippen molar-refractivity contribution in [1.29, 1.82) is 0 Å². The van der Waals surface area contributed by atoms with Crippen LogP contribution in [0.15, 0.2) is 18.3 Å². The third-order valence-corrected chi connectivity index (χ3v) is 2.60. The number of amides is 1. The summed E-state index contributed by atoms with van der Waals surface area (Å²) in [7, 11) is 0. The van der Waals surface area contributed by atoms with E-state index >= 15 is 0 Å². The highest BCUT2D eigenvalue weighted by molar-refractivity contribution is 5.67. The number of ether oxygens (including phenoxy) is 1. The summed E-state index contributed by atoms with van der Waals surface area (Å²) < 4.78 is 4.70. The molecule has 2 rings (SSSR count). The lowest BCUT2D eigenvalue weighted by Gasteiger charge is -2.13. The number of rotatable bonds is 3. The number of pyridine rings is 1. The first kappa shape index (κ1) is 10.9. The quantitative estimate of drug-likeness (QED) is 0.830. The molecule has 0 bridgehead atoms. The molecule has 5 nitrogen and oxygen atoms in total. The van der Waals surface area contributed by atoms with Crippen LogP contribution < -0.4 is 10.5 Å². The van der Waals surface area contributed by atoms with Gasteiger partial charge in [0.1, 0.15) is 0 Å². The highest BCUT2D eigenvalue weighted by Gasteiger charge is 2.12. The summed E-state index contributed by atoms with van der Waals surface area (Å²) in [6.45, 7) is 3.14. The Balaban J connectivity index is 1.93. The van der Waals surface area contributed by atoms with Crippen molar-refractivity contribution in [3.05, 3.63) is 24.0 Å². The van der Waals surface area contributed by atoms with Crippen LogP contribution in [0.3, 0.4) is 0 Å². The number of carbonyl (C=O) groups is 1. The number of nitrogens with zero attached hydrogens (tertiary/aromatic N) is 2. The lowest BCUT2D eigenvalue weighted by atomic mass is 10.3. The fourth-order valence-corrected chi connectivity index (χ4v) is 1.85. The summed E-state index contributed by atoms with van der Waals surface area (Å²) in [6.07, 6.45) is 3.25. The average molecular weight is 221 g/mol. The number of nitrogens with two attached hydrogens (primary N) is 1. The first-order chi connectivity index (χ1) is 7.74. The lowest BCUT2D eigenvalue weighted by molar-refractivity contribution is 0.210. The summed E-state index contributed by atoms with van der Waals surface area (Å²) in [6, 6.07) is 3.57. The van der Waals surface area contributed by atoms with E-state index in [0.29, 0.717) is 5.75 Å². The van der Waals surface area contributed by atoms with Gasteiger partial charge >= 0.3 is 6.09 Å². The molecule has 86 valence electrons. The van der Waals surface area contributed by atoms with Gasteiger partial charge in [0.15, 0.2) is 5.75 Å². The van der Waals surface area contributed by atoms with Crippen LogP contribution in [0.5, 0.6) is 5.75 Å². The maximum atomic E-state index is 10.5. The summed E-state index contributed by atoms with van der Waals surface area (Å²) in [5.74, 6) is 0.387. The Morgan fingerprint density at radius 3 is 2.75 bits per heavy atom. The van der Waals surface area contributed by atoms with Crippen LogP contribution in [-0.4, -0.2) is 29.1 Å². The zero-order valence-corrected chi connectivity index (χ0v) is 9.06. The lowest BCUT2D eigenvalue weighted by Crippen LogP contribution is -2.19. The van der Waals surface area contributed by atoms with Crippen molar-refractivity contribution in [3.8, 4) is 5.75 Å². The van der Waals surface area contributed by atoms with Crippen molar-refractivity contribution in [3.63, 3.8) is 0 Å². The molecule has 0 spiro atoms. The SMILES string of the molecule is NC(=O)Oc1ccc(CN2CCCC2)nc1. The fraction of sp³-hybridized carbons (Fsp3) is 0.455. The van der Waals surface area contributed by atoms with Crippen LogP contribution >= 0.6 is 0 Å². The number of primary amides is 1. The topological polar surface area (TPSA) is 68.5 Å². The molecule has 0 atom stereocenters. The average Bonchev–Trinajstić information content (AvgIpc) is 2.73. The molecule has 0 unspecified atom stereocenters. The van der Waals surface area contributed by atoms with Crippen LogP contribution in [0.2, 0.25) is 0 Å². The first-order valence-electron chi connectivity index (χ1n) is 5.38. The normalized spacial score (nSPS) is 16.2. The first-order valence-corrected chi connectivity index (χ1v) is 5.38. The van der Waals surface area contributed by atoms with Crippen LogP contribution in [0.4, 0.5) is 4.79 Å². The number of likely N-dealkylation sites (tertiary alicyclic amines) is 1. The molecule has 1 aromatic heterocycles. The molecule has 16 heavy (non-hydrogen) atoms. The smallest absolute Gasteiger partial charge is 0.409 e. The molecule has 2 N–H and O–H groups in total. The molecule has 0 aliphatic carbocycles. The van der Waals surface area contributed by atoms with E-state index in [1.54, 1.807) is 6.07 Å². The van der Waals surface area contributed by atoms with E-state index in [1.165, 1.54) is 19.0 Å². The van der Waals surface area contributed by atoms with Crippen molar-refractivity contribution < 1.29 is 9.53 Å². The molecule has 1 fully saturated rings. The van der Waals surface area contributed by atoms with Gasteiger partial charge < -0.3 is 10.5 Å². The van der Waals surface area contributed by atoms with Crippen LogP contribution in [0.1, 0.15) is 18.5 Å². The van der Waals surface area contributed by atoms with Crippen molar-refractivity contribution in [2.75, 3.05) is 13.1 Å². The molecule has 1 aliphatic heterocycles. The molecule has 1 saturated heterocycles. The third-order valence-electron chi connectivity index (χ3n) is 2.60. The molecule has 1 amide bonds. The minimum absolute atomic E-state index is 0.387. The zero-order chi connectivity index (χ0) is 11.4. The molecular weight excluding hydrogens is 206 g/mol. The number of aromatic nitrogens is 1. The monoisotopic (exact) mass is 221 g/mol. The van der Waals surface area contributed by atoms with Gasteiger partial charge in [-0.1, -0.05) is 0 Å². The van der Waals surface area contributed by atoms with Gasteiger partial charge in [-0.25, -0.2) is 4.79 Å². The van der Waals surface area contributed by atoms with Gasteiger partial charge in [0.25, 0.3) is 0 Å². The molecule has 1 aromatic rings. The van der Waals surface area contributed by atoms with E-state index in [4.69, 9.17) is 10.5 Å². The minimum atomic E-state index is -0.811. The van der Waals surface area contributed by atoms with Crippen LogP contribution in [0, 0.1) is 0 Å². The van der Waals surface area contributed by atoms with Crippen molar-refractivity contribution in [2.45, 2.75) is 19.4 Å². The molecule has 0 saturated carbocycles. The highest BCUT2D eigenvalue weighted by atomic mass is 16.5. The Labute approximate surface area is 94.2 Å². The van der Waals surface area contributed by atoms with E-state index in [2.05, 4.69) is 9.88 Å². The Morgan fingerprint density at radius 2 is 2.19 bits per heavy atom. The Kier molecular flexibility index (Phi) is 3.36. The van der Waals surface area contributed by atoms with Gasteiger partial charge in [0, 0.05) is 6.54 Å². The molecular formula is C11H15N3O2. The molecule has 1 aliphatic rings. The number of hydrogen-bond donors (Lipinski definition) is 1.